The lowest BCUT2D eigenvalue weighted by molar-refractivity contribution is -0.120. The van der Waals surface area contributed by atoms with E-state index >= 15 is 0 Å². The van der Waals surface area contributed by atoms with E-state index in [0.717, 1.165) is 11.3 Å². The van der Waals surface area contributed by atoms with Crippen molar-refractivity contribution in [3.8, 4) is 0 Å². The second-order valence-corrected chi connectivity index (χ2v) is 4.87. The third-order valence-corrected chi connectivity index (χ3v) is 3.12. The molecule has 0 saturated carbocycles. The van der Waals surface area contributed by atoms with Gasteiger partial charge in [0.25, 0.3) is 0 Å². The van der Waals surface area contributed by atoms with Crippen LogP contribution < -0.4 is 5.73 Å². The zero-order chi connectivity index (χ0) is 10.6. The van der Waals surface area contributed by atoms with Crippen molar-refractivity contribution in [2.75, 3.05) is 0 Å². The van der Waals surface area contributed by atoms with Gasteiger partial charge >= 0.3 is 0 Å². The molecule has 3 heteroatoms. The average Bonchev–Trinajstić information content (AvgIpc) is 2.65. The van der Waals surface area contributed by atoms with Crippen LogP contribution in [-0.2, 0) is 4.79 Å². The van der Waals surface area contributed by atoms with Crippen LogP contribution in [0.3, 0.4) is 0 Å². The first kappa shape index (κ1) is 11.4. The highest BCUT2D eigenvalue weighted by Gasteiger charge is 2.16. The molecule has 2 nitrogen and oxygen atoms in total. The molecule has 0 radical (unpaired) electrons. The molecule has 2 N–H and O–H groups in total. The number of carbonyl (C=O) groups excluding carboxylic acids is 1. The van der Waals surface area contributed by atoms with E-state index in [1.165, 1.54) is 0 Å². The number of rotatable bonds is 5. The maximum Gasteiger partial charge on any atom is 0.154 e. The Hall–Kier alpha value is -0.670. The molecule has 14 heavy (non-hydrogen) atoms. The molecule has 78 valence electrons. The molecule has 0 aromatic carbocycles. The van der Waals surface area contributed by atoms with Crippen molar-refractivity contribution in [1.82, 2.24) is 0 Å². The third-order valence-electron chi connectivity index (χ3n) is 2.16. The van der Waals surface area contributed by atoms with Crippen LogP contribution >= 0.6 is 11.3 Å². The summed E-state index contributed by atoms with van der Waals surface area (Å²) >= 11 is 1.55. The number of hydrogen-bond donors (Lipinski definition) is 1. The molecule has 1 aromatic heterocycles. The van der Waals surface area contributed by atoms with Crippen LogP contribution in [0.25, 0.3) is 0 Å². The normalized spacial score (nSPS) is 13.1. The second kappa shape index (κ2) is 5.27. The minimum Gasteiger partial charge on any atom is -0.317 e. The Morgan fingerprint density at radius 2 is 2.29 bits per heavy atom. The van der Waals surface area contributed by atoms with E-state index < -0.39 is 6.04 Å². The second-order valence-electron chi connectivity index (χ2n) is 3.89. The zero-order valence-corrected chi connectivity index (χ0v) is 9.51. The Morgan fingerprint density at radius 1 is 1.57 bits per heavy atom. The first-order chi connectivity index (χ1) is 6.61. The standard InChI is InChI=1S/C11H17NOS/c1-8(2)5-6-9(13)11(12)10-4-3-7-14-10/h3-4,7-8,11H,5-6,12H2,1-2H3. The summed E-state index contributed by atoms with van der Waals surface area (Å²) in [7, 11) is 0. The number of carbonyl (C=O) groups is 1. The van der Waals surface area contributed by atoms with Crippen molar-refractivity contribution < 1.29 is 4.79 Å². The van der Waals surface area contributed by atoms with Gasteiger partial charge in [0.1, 0.15) is 0 Å². The minimum atomic E-state index is -0.409. The first-order valence-corrected chi connectivity index (χ1v) is 5.81. The largest absolute Gasteiger partial charge is 0.317 e. The van der Waals surface area contributed by atoms with E-state index in [1.54, 1.807) is 11.3 Å². The molecule has 0 aliphatic heterocycles. The van der Waals surface area contributed by atoms with Gasteiger partial charge in [-0.05, 0) is 23.8 Å². The van der Waals surface area contributed by atoms with Gasteiger partial charge in [0.2, 0.25) is 0 Å². The SMILES string of the molecule is CC(C)CCC(=O)C(N)c1cccs1. The van der Waals surface area contributed by atoms with Gasteiger partial charge in [0, 0.05) is 11.3 Å². The molecule has 0 saturated heterocycles. The van der Waals surface area contributed by atoms with Gasteiger partial charge in [-0.15, -0.1) is 11.3 Å². The summed E-state index contributed by atoms with van der Waals surface area (Å²) in [5.41, 5.74) is 5.83. The van der Waals surface area contributed by atoms with E-state index in [4.69, 9.17) is 5.73 Å². The zero-order valence-electron chi connectivity index (χ0n) is 8.69. The highest BCUT2D eigenvalue weighted by atomic mass is 32.1. The summed E-state index contributed by atoms with van der Waals surface area (Å²) in [5.74, 6) is 0.718. The fourth-order valence-electron chi connectivity index (χ4n) is 1.21. The fraction of sp³-hybridized carbons (Fsp3) is 0.545. The number of hydrogen-bond acceptors (Lipinski definition) is 3. The van der Waals surface area contributed by atoms with Gasteiger partial charge in [0.05, 0.1) is 6.04 Å². The topological polar surface area (TPSA) is 43.1 Å². The summed E-state index contributed by atoms with van der Waals surface area (Å²) in [5, 5.41) is 1.95. The number of nitrogens with two attached hydrogens (primary N) is 1. The summed E-state index contributed by atoms with van der Waals surface area (Å²) in [6.07, 6.45) is 1.52. The Bertz CT molecular complexity index is 279. The lowest BCUT2D eigenvalue weighted by atomic mass is 10.0. The third kappa shape index (κ3) is 3.24. The quantitative estimate of drug-likeness (QED) is 0.813. The summed E-state index contributed by atoms with van der Waals surface area (Å²) in [6, 6.07) is 3.44. The summed E-state index contributed by atoms with van der Waals surface area (Å²) in [6.45, 7) is 4.23. The van der Waals surface area contributed by atoms with Gasteiger partial charge in [0.15, 0.2) is 5.78 Å². The lowest BCUT2D eigenvalue weighted by Gasteiger charge is -2.09. The fourth-order valence-corrected chi connectivity index (χ4v) is 1.96. The molecule has 0 bridgehead atoms. The number of ketones is 1. The smallest absolute Gasteiger partial charge is 0.154 e. The van der Waals surface area contributed by atoms with Gasteiger partial charge in [-0.3, -0.25) is 4.79 Å². The van der Waals surface area contributed by atoms with Gasteiger partial charge in [-0.2, -0.15) is 0 Å². The highest BCUT2D eigenvalue weighted by molar-refractivity contribution is 7.10. The Morgan fingerprint density at radius 3 is 2.79 bits per heavy atom. The molecular weight excluding hydrogens is 194 g/mol. The number of Topliss-reactive ketones (excluding diaryl/α,β-unsaturated/α-hetero) is 1. The average molecular weight is 211 g/mol. The monoisotopic (exact) mass is 211 g/mol. The molecule has 0 amide bonds. The van der Waals surface area contributed by atoms with Crippen LogP contribution in [-0.4, -0.2) is 5.78 Å². The Labute approximate surface area is 89.1 Å². The summed E-state index contributed by atoms with van der Waals surface area (Å²) in [4.78, 5) is 12.6. The molecule has 0 spiro atoms. The van der Waals surface area contributed by atoms with Gasteiger partial charge in [-0.1, -0.05) is 19.9 Å². The van der Waals surface area contributed by atoms with Crippen molar-refractivity contribution in [1.29, 1.82) is 0 Å². The molecule has 1 heterocycles. The Kier molecular flexibility index (Phi) is 4.29. The lowest BCUT2D eigenvalue weighted by Crippen LogP contribution is -2.20. The van der Waals surface area contributed by atoms with Crippen LogP contribution in [0.1, 0.15) is 37.6 Å². The molecule has 0 aliphatic carbocycles. The van der Waals surface area contributed by atoms with Crippen LogP contribution in [0.4, 0.5) is 0 Å². The Balaban J connectivity index is 2.45. The van der Waals surface area contributed by atoms with Crippen molar-refractivity contribution in [2.45, 2.75) is 32.7 Å². The van der Waals surface area contributed by atoms with Gasteiger partial charge in [-0.25, -0.2) is 0 Å². The molecule has 1 unspecified atom stereocenters. The van der Waals surface area contributed by atoms with Crippen LogP contribution in [0.15, 0.2) is 17.5 Å². The number of thiophene rings is 1. The summed E-state index contributed by atoms with van der Waals surface area (Å²) < 4.78 is 0. The maximum absolute atomic E-state index is 11.6. The van der Waals surface area contributed by atoms with Crippen molar-refractivity contribution in [2.24, 2.45) is 11.7 Å². The predicted molar refractivity (Wildman–Crippen MR) is 60.3 cm³/mol. The minimum absolute atomic E-state index is 0.154. The van der Waals surface area contributed by atoms with Crippen molar-refractivity contribution in [3.05, 3.63) is 22.4 Å². The highest BCUT2D eigenvalue weighted by Crippen LogP contribution is 2.19. The first-order valence-electron chi connectivity index (χ1n) is 4.93. The van der Waals surface area contributed by atoms with E-state index in [9.17, 15) is 4.79 Å². The van der Waals surface area contributed by atoms with Crippen LogP contribution in [0.2, 0.25) is 0 Å². The molecule has 1 atom stereocenters. The van der Waals surface area contributed by atoms with Crippen LogP contribution in [0, 0.1) is 5.92 Å². The van der Waals surface area contributed by atoms with Crippen molar-refractivity contribution in [3.63, 3.8) is 0 Å². The maximum atomic E-state index is 11.6. The van der Waals surface area contributed by atoms with E-state index in [-0.39, 0.29) is 5.78 Å². The van der Waals surface area contributed by atoms with E-state index in [1.807, 2.05) is 17.5 Å². The molecule has 1 aromatic rings. The van der Waals surface area contributed by atoms with Crippen LogP contribution in [0.5, 0.6) is 0 Å². The molecular formula is C11H17NOS. The van der Waals surface area contributed by atoms with Gasteiger partial charge < -0.3 is 5.73 Å². The molecule has 1 rings (SSSR count). The van der Waals surface area contributed by atoms with Crippen molar-refractivity contribution >= 4 is 17.1 Å². The van der Waals surface area contributed by atoms with E-state index in [2.05, 4.69) is 13.8 Å². The van der Waals surface area contributed by atoms with E-state index in [0.29, 0.717) is 12.3 Å². The predicted octanol–water partition coefficient (Wildman–Crippen LogP) is 2.75. The molecule has 0 fully saturated rings. The molecule has 0 aliphatic rings.